The third-order valence-electron chi connectivity index (χ3n) is 2.96. The number of hydrogen-bond donors (Lipinski definition) is 1. The fourth-order valence-electron chi connectivity index (χ4n) is 1.60. The molecule has 0 aliphatic carbocycles. The molecule has 0 bridgehead atoms. The zero-order valence-corrected chi connectivity index (χ0v) is 11.8. The minimum Gasteiger partial charge on any atom is -0.465 e. The summed E-state index contributed by atoms with van der Waals surface area (Å²) in [5.41, 5.74) is 5.11. The van der Waals surface area contributed by atoms with Gasteiger partial charge in [-0.25, -0.2) is 0 Å². The molecule has 1 atom stereocenters. The minimum absolute atomic E-state index is 0.299. The lowest BCUT2D eigenvalue weighted by Crippen LogP contribution is -2.48. The molecule has 2 N–H and O–H groups in total. The molecule has 0 aliphatic heterocycles. The number of unbranched alkanes of at least 4 members (excludes halogenated alkanes) is 1. The highest BCUT2D eigenvalue weighted by molar-refractivity contribution is 5.79. The van der Waals surface area contributed by atoms with Gasteiger partial charge in [0, 0.05) is 6.54 Å². The van der Waals surface area contributed by atoms with Gasteiger partial charge in [-0.1, -0.05) is 20.3 Å². The van der Waals surface area contributed by atoms with Gasteiger partial charge in [-0.2, -0.15) is 0 Å². The van der Waals surface area contributed by atoms with Crippen LogP contribution >= 0.6 is 0 Å². The third-order valence-corrected chi connectivity index (χ3v) is 2.96. The molecule has 0 saturated carbocycles. The van der Waals surface area contributed by atoms with E-state index in [2.05, 4.69) is 18.7 Å². The van der Waals surface area contributed by atoms with Crippen molar-refractivity contribution in [1.82, 2.24) is 4.90 Å². The van der Waals surface area contributed by atoms with Crippen molar-refractivity contribution >= 4 is 5.97 Å². The van der Waals surface area contributed by atoms with E-state index in [0.29, 0.717) is 13.0 Å². The van der Waals surface area contributed by atoms with Crippen LogP contribution in [0.2, 0.25) is 0 Å². The average Bonchev–Trinajstić information content (AvgIpc) is 2.29. The van der Waals surface area contributed by atoms with Crippen LogP contribution in [-0.2, 0) is 9.53 Å². The van der Waals surface area contributed by atoms with Gasteiger partial charge in [0.15, 0.2) is 0 Å². The maximum absolute atomic E-state index is 11.6. The summed E-state index contributed by atoms with van der Waals surface area (Å²) in [7, 11) is 0. The number of ether oxygens (including phenoxy) is 1. The van der Waals surface area contributed by atoms with Crippen LogP contribution in [-0.4, -0.2) is 42.6 Å². The van der Waals surface area contributed by atoms with E-state index in [1.54, 1.807) is 13.8 Å². The molecule has 0 amide bonds. The van der Waals surface area contributed by atoms with Crippen molar-refractivity contribution in [1.29, 1.82) is 0 Å². The van der Waals surface area contributed by atoms with Crippen molar-refractivity contribution < 1.29 is 9.53 Å². The van der Waals surface area contributed by atoms with Crippen LogP contribution in [0.15, 0.2) is 0 Å². The Hall–Kier alpha value is -0.610. The first-order valence-corrected chi connectivity index (χ1v) is 6.66. The van der Waals surface area contributed by atoms with Gasteiger partial charge in [-0.05, 0) is 39.8 Å². The fraction of sp³-hybridized carbons (Fsp3) is 0.923. The van der Waals surface area contributed by atoms with Crippen molar-refractivity contribution in [3.05, 3.63) is 0 Å². The molecule has 0 heterocycles. The molecule has 0 saturated heterocycles. The van der Waals surface area contributed by atoms with Crippen LogP contribution in [0.1, 0.15) is 47.0 Å². The maximum atomic E-state index is 11.6. The lowest BCUT2D eigenvalue weighted by molar-refractivity contribution is -0.149. The minimum atomic E-state index is -0.865. The topological polar surface area (TPSA) is 55.6 Å². The van der Waals surface area contributed by atoms with Gasteiger partial charge in [-0.3, -0.25) is 4.79 Å². The Morgan fingerprint density at radius 2 is 1.94 bits per heavy atom. The largest absolute Gasteiger partial charge is 0.465 e. The van der Waals surface area contributed by atoms with Crippen LogP contribution in [0.25, 0.3) is 0 Å². The maximum Gasteiger partial charge on any atom is 0.325 e. The Morgan fingerprint density at radius 3 is 2.41 bits per heavy atom. The highest BCUT2D eigenvalue weighted by Crippen LogP contribution is 2.10. The van der Waals surface area contributed by atoms with Gasteiger partial charge >= 0.3 is 5.97 Å². The molecular weight excluding hydrogens is 216 g/mol. The number of rotatable bonds is 9. The molecular formula is C13H28N2O2. The molecule has 0 fully saturated rings. The summed E-state index contributed by atoms with van der Waals surface area (Å²) in [6.45, 7) is 11.2. The summed E-state index contributed by atoms with van der Waals surface area (Å²) >= 11 is 0. The van der Waals surface area contributed by atoms with Crippen LogP contribution < -0.4 is 5.73 Å². The second-order valence-electron chi connectivity index (χ2n) is 4.68. The number of hydrogen-bond acceptors (Lipinski definition) is 4. The van der Waals surface area contributed by atoms with E-state index in [1.807, 2.05) is 0 Å². The zero-order chi connectivity index (χ0) is 13.3. The first kappa shape index (κ1) is 16.4. The standard InChI is InChI=1S/C13H28N2O2/c1-5-8-10-15(6-2)11-9-13(4,14)12(16)17-7-3/h5-11,14H2,1-4H3. The van der Waals surface area contributed by atoms with Crippen LogP contribution in [0, 0.1) is 0 Å². The number of nitrogens with two attached hydrogens (primary N) is 1. The molecule has 1 unspecified atom stereocenters. The first-order chi connectivity index (χ1) is 7.97. The van der Waals surface area contributed by atoms with E-state index in [-0.39, 0.29) is 5.97 Å². The SMILES string of the molecule is CCCCN(CC)CCC(C)(N)C(=O)OCC. The molecule has 0 aromatic rings. The number of carbonyl (C=O) groups is 1. The highest BCUT2D eigenvalue weighted by Gasteiger charge is 2.29. The first-order valence-electron chi connectivity index (χ1n) is 6.66. The Balaban J connectivity index is 4.08. The molecule has 4 heteroatoms. The molecule has 4 nitrogen and oxygen atoms in total. The lowest BCUT2D eigenvalue weighted by Gasteiger charge is -2.27. The van der Waals surface area contributed by atoms with E-state index in [0.717, 1.165) is 19.6 Å². The Bertz CT molecular complexity index is 217. The molecule has 0 radical (unpaired) electrons. The summed E-state index contributed by atoms with van der Waals surface area (Å²) in [5, 5.41) is 0. The summed E-state index contributed by atoms with van der Waals surface area (Å²) in [6.07, 6.45) is 3.02. The summed E-state index contributed by atoms with van der Waals surface area (Å²) in [4.78, 5) is 13.9. The quantitative estimate of drug-likeness (QED) is 0.628. The summed E-state index contributed by atoms with van der Waals surface area (Å²) in [5.74, 6) is -0.299. The van der Waals surface area contributed by atoms with Crippen LogP contribution in [0.3, 0.4) is 0 Å². The van der Waals surface area contributed by atoms with Gasteiger partial charge in [0.25, 0.3) is 0 Å². The number of carbonyl (C=O) groups excluding carboxylic acids is 1. The third kappa shape index (κ3) is 6.64. The molecule has 0 aromatic carbocycles. The summed E-state index contributed by atoms with van der Waals surface area (Å²) in [6, 6.07) is 0. The van der Waals surface area contributed by atoms with Crippen molar-refractivity contribution in [2.75, 3.05) is 26.2 Å². The van der Waals surface area contributed by atoms with E-state index in [4.69, 9.17) is 10.5 Å². The fourth-order valence-corrected chi connectivity index (χ4v) is 1.60. The van der Waals surface area contributed by atoms with Crippen molar-refractivity contribution in [2.24, 2.45) is 5.73 Å². The highest BCUT2D eigenvalue weighted by atomic mass is 16.5. The number of nitrogens with zero attached hydrogens (tertiary/aromatic N) is 1. The van der Waals surface area contributed by atoms with E-state index < -0.39 is 5.54 Å². The summed E-state index contributed by atoms with van der Waals surface area (Å²) < 4.78 is 4.97. The second-order valence-corrected chi connectivity index (χ2v) is 4.68. The second kappa shape index (κ2) is 8.48. The Labute approximate surface area is 105 Å². The Morgan fingerprint density at radius 1 is 1.29 bits per heavy atom. The predicted octanol–water partition coefficient (Wildman–Crippen LogP) is 1.78. The van der Waals surface area contributed by atoms with E-state index in [9.17, 15) is 4.79 Å². The Kier molecular flexibility index (Phi) is 8.17. The van der Waals surface area contributed by atoms with Crippen molar-refractivity contribution in [3.63, 3.8) is 0 Å². The van der Waals surface area contributed by atoms with E-state index in [1.165, 1.54) is 12.8 Å². The van der Waals surface area contributed by atoms with Crippen LogP contribution in [0.4, 0.5) is 0 Å². The van der Waals surface area contributed by atoms with Gasteiger partial charge in [0.05, 0.1) is 6.61 Å². The molecule has 0 rings (SSSR count). The lowest BCUT2D eigenvalue weighted by atomic mass is 9.99. The monoisotopic (exact) mass is 244 g/mol. The predicted molar refractivity (Wildman–Crippen MR) is 70.9 cm³/mol. The zero-order valence-electron chi connectivity index (χ0n) is 11.8. The normalized spacial score (nSPS) is 14.7. The molecule has 102 valence electrons. The van der Waals surface area contributed by atoms with Gasteiger partial charge < -0.3 is 15.4 Å². The van der Waals surface area contributed by atoms with Crippen LogP contribution in [0.5, 0.6) is 0 Å². The van der Waals surface area contributed by atoms with Crippen molar-refractivity contribution in [3.8, 4) is 0 Å². The molecule has 0 spiro atoms. The van der Waals surface area contributed by atoms with Gasteiger partial charge in [0.2, 0.25) is 0 Å². The smallest absolute Gasteiger partial charge is 0.325 e. The van der Waals surface area contributed by atoms with E-state index >= 15 is 0 Å². The molecule has 17 heavy (non-hydrogen) atoms. The van der Waals surface area contributed by atoms with Crippen molar-refractivity contribution in [2.45, 2.75) is 52.5 Å². The van der Waals surface area contributed by atoms with Gasteiger partial charge in [-0.15, -0.1) is 0 Å². The number of esters is 1. The van der Waals surface area contributed by atoms with Gasteiger partial charge in [0.1, 0.15) is 5.54 Å². The average molecular weight is 244 g/mol. The molecule has 0 aliphatic rings. The molecule has 0 aromatic heterocycles.